The van der Waals surface area contributed by atoms with Crippen molar-refractivity contribution in [3.8, 4) is 17.2 Å². The Hall–Kier alpha value is -3.55. The van der Waals surface area contributed by atoms with Crippen molar-refractivity contribution in [3.63, 3.8) is 0 Å². The molecule has 1 aliphatic heterocycles. The number of rotatable bonds is 10. The molecule has 2 aliphatic rings. The molecule has 1 heterocycles. The number of hydrogen-bond donors (Lipinski definition) is 0. The van der Waals surface area contributed by atoms with Crippen molar-refractivity contribution < 1.29 is 32.9 Å². The van der Waals surface area contributed by atoms with Crippen molar-refractivity contribution in [1.82, 2.24) is 4.90 Å². The Morgan fingerprint density at radius 3 is 2.74 bits per heavy atom. The van der Waals surface area contributed by atoms with Crippen LogP contribution in [0.15, 0.2) is 48.4 Å². The number of hydrogen-bond acceptors (Lipinski definition) is 6. The molecular weight excluding hydrogens is 453 g/mol. The maximum Gasteiger partial charge on any atom is 0.410 e. The molecule has 0 N–H and O–H groups in total. The quantitative estimate of drug-likeness (QED) is 0.281. The van der Waals surface area contributed by atoms with Gasteiger partial charge in [-0.15, -0.1) is 0 Å². The summed E-state index contributed by atoms with van der Waals surface area (Å²) in [7, 11) is 0. The monoisotopic (exact) mass is 483 g/mol. The second-order valence-electron chi connectivity index (χ2n) is 8.75. The molecule has 0 unspecified atom stereocenters. The number of fused-ring (bicyclic) bond motifs is 1. The van der Waals surface area contributed by atoms with Gasteiger partial charge in [-0.1, -0.05) is 32.3 Å². The van der Waals surface area contributed by atoms with E-state index in [1.807, 2.05) is 6.92 Å². The van der Waals surface area contributed by atoms with Gasteiger partial charge in [0.25, 0.3) is 5.95 Å². The maximum atomic E-state index is 14.9. The van der Waals surface area contributed by atoms with Gasteiger partial charge in [0.2, 0.25) is 0 Å². The van der Waals surface area contributed by atoms with E-state index in [9.17, 15) is 14.0 Å². The lowest BCUT2D eigenvalue weighted by Gasteiger charge is -2.22. The van der Waals surface area contributed by atoms with E-state index < -0.39 is 11.8 Å². The molecule has 2 aromatic rings. The molecule has 8 heteroatoms. The molecule has 186 valence electrons. The first kappa shape index (κ1) is 24.6. The fourth-order valence-corrected chi connectivity index (χ4v) is 3.66. The molecule has 4 rings (SSSR count). The minimum absolute atomic E-state index is 0.0217. The van der Waals surface area contributed by atoms with E-state index in [0.29, 0.717) is 30.4 Å². The second-order valence-corrected chi connectivity index (χ2v) is 8.75. The van der Waals surface area contributed by atoms with Crippen molar-refractivity contribution >= 4 is 12.1 Å². The van der Waals surface area contributed by atoms with E-state index in [4.69, 9.17) is 18.9 Å². The normalized spacial score (nSPS) is 15.7. The highest BCUT2D eigenvalue weighted by atomic mass is 19.1. The van der Waals surface area contributed by atoms with Gasteiger partial charge >= 0.3 is 12.1 Å². The van der Waals surface area contributed by atoms with Gasteiger partial charge in [-0.25, -0.2) is 14.0 Å². The molecule has 0 aromatic heterocycles. The summed E-state index contributed by atoms with van der Waals surface area (Å²) in [5, 5.41) is 0. The van der Waals surface area contributed by atoms with E-state index >= 15 is 0 Å². The number of halogens is 1. The zero-order valence-electron chi connectivity index (χ0n) is 20.1. The van der Waals surface area contributed by atoms with Crippen molar-refractivity contribution in [2.45, 2.75) is 52.5 Å². The molecule has 0 spiro atoms. The highest BCUT2D eigenvalue weighted by molar-refractivity contribution is 5.94. The fraction of sp³-hybridized carbons (Fsp3) is 0.407. The Balaban J connectivity index is 1.43. The van der Waals surface area contributed by atoms with Crippen molar-refractivity contribution in [3.05, 3.63) is 65.4 Å². The number of benzene rings is 2. The van der Waals surface area contributed by atoms with Crippen molar-refractivity contribution in [1.29, 1.82) is 0 Å². The van der Waals surface area contributed by atoms with Crippen molar-refractivity contribution in [2.24, 2.45) is 5.92 Å². The van der Waals surface area contributed by atoms with E-state index in [1.54, 1.807) is 24.0 Å². The first-order valence-electron chi connectivity index (χ1n) is 12.0. The van der Waals surface area contributed by atoms with Crippen LogP contribution < -0.4 is 9.47 Å². The third-order valence-corrected chi connectivity index (χ3v) is 5.90. The zero-order valence-corrected chi connectivity index (χ0v) is 20.1. The van der Waals surface area contributed by atoms with Gasteiger partial charge in [0.15, 0.2) is 11.6 Å². The molecule has 0 atom stereocenters. The number of allylic oxidation sites excluding steroid dienone is 1. The molecule has 1 aliphatic carbocycles. The number of esters is 1. The first-order valence-corrected chi connectivity index (χ1v) is 12.0. The van der Waals surface area contributed by atoms with Gasteiger partial charge in [-0.3, -0.25) is 0 Å². The van der Waals surface area contributed by atoms with Gasteiger partial charge in [0.05, 0.1) is 6.61 Å². The Bertz CT molecular complexity index is 1110. The molecule has 7 nitrogen and oxygen atoms in total. The number of carbonyl (C=O) groups is 2. The topological polar surface area (TPSA) is 74.3 Å². The maximum absolute atomic E-state index is 14.9. The van der Waals surface area contributed by atoms with E-state index in [1.165, 1.54) is 43.2 Å². The Labute approximate surface area is 204 Å². The fourth-order valence-electron chi connectivity index (χ4n) is 3.66. The van der Waals surface area contributed by atoms with Crippen LogP contribution in [0, 0.1) is 11.7 Å². The van der Waals surface area contributed by atoms with Gasteiger partial charge in [0, 0.05) is 19.2 Å². The lowest BCUT2D eigenvalue weighted by atomic mass is 10.1. The molecule has 0 bridgehead atoms. The van der Waals surface area contributed by atoms with Crippen LogP contribution in [0.4, 0.5) is 9.18 Å². The Morgan fingerprint density at radius 1 is 1.20 bits per heavy atom. The standard InChI is InChI=1S/C27H30FNO6/c1-3-5-14-32-27(31)29(13-12-18-6-7-18)17-19-8-11-23(22(28)15-19)33-20-9-10-21-24(16-20)34-25(4-2)35-26(21)30/h4,8-11,15-16,18H,3,5-7,12-14,17H2,1-2H3/b25-4+. The lowest BCUT2D eigenvalue weighted by Crippen LogP contribution is -2.32. The summed E-state index contributed by atoms with van der Waals surface area (Å²) in [5.74, 6) is 0.266. The number of carbonyl (C=O) groups excluding carboxylic acids is 2. The molecular formula is C27H30FNO6. The Morgan fingerprint density at radius 2 is 2.03 bits per heavy atom. The van der Waals surface area contributed by atoms with E-state index in [2.05, 4.69) is 0 Å². The summed E-state index contributed by atoms with van der Waals surface area (Å²) < 4.78 is 36.5. The molecule has 0 saturated heterocycles. The van der Waals surface area contributed by atoms with Crippen LogP contribution in [-0.4, -0.2) is 30.1 Å². The van der Waals surface area contributed by atoms with Crippen molar-refractivity contribution in [2.75, 3.05) is 13.2 Å². The zero-order chi connectivity index (χ0) is 24.8. The molecule has 1 saturated carbocycles. The average Bonchev–Trinajstić information content (AvgIpc) is 3.67. The number of amides is 1. The van der Waals surface area contributed by atoms with Gasteiger partial charge in [-0.05, 0) is 61.6 Å². The van der Waals surface area contributed by atoms with Crippen LogP contribution in [0.1, 0.15) is 61.9 Å². The predicted molar refractivity (Wildman–Crippen MR) is 127 cm³/mol. The predicted octanol–water partition coefficient (Wildman–Crippen LogP) is 6.57. The second kappa shape index (κ2) is 11.3. The molecule has 35 heavy (non-hydrogen) atoms. The molecule has 2 aromatic carbocycles. The van der Waals surface area contributed by atoms with Crippen LogP contribution in [0.2, 0.25) is 0 Å². The van der Waals surface area contributed by atoms with Crippen LogP contribution >= 0.6 is 0 Å². The third kappa shape index (κ3) is 6.53. The minimum Gasteiger partial charge on any atom is -0.454 e. The van der Waals surface area contributed by atoms with E-state index in [0.717, 1.165) is 19.3 Å². The minimum atomic E-state index is -0.559. The van der Waals surface area contributed by atoms with Gasteiger partial charge < -0.3 is 23.8 Å². The van der Waals surface area contributed by atoms with E-state index in [-0.39, 0.29) is 35.6 Å². The van der Waals surface area contributed by atoms with Crippen LogP contribution in [0.25, 0.3) is 0 Å². The SMILES string of the molecule is C/C=C1/OC(=O)c2ccc(Oc3ccc(CN(CCC4CC4)C(=O)OCCCC)cc3F)cc2O1. The molecule has 1 fully saturated rings. The number of nitrogens with zero attached hydrogens (tertiary/aromatic N) is 1. The smallest absolute Gasteiger partial charge is 0.410 e. The van der Waals surface area contributed by atoms with Crippen LogP contribution in [-0.2, 0) is 16.0 Å². The summed E-state index contributed by atoms with van der Waals surface area (Å²) >= 11 is 0. The third-order valence-electron chi connectivity index (χ3n) is 5.90. The Kier molecular flexibility index (Phi) is 7.90. The highest BCUT2D eigenvalue weighted by Crippen LogP contribution is 2.35. The summed E-state index contributed by atoms with van der Waals surface area (Å²) in [6.07, 6.45) is 6.24. The summed E-state index contributed by atoms with van der Waals surface area (Å²) in [4.78, 5) is 26.2. The largest absolute Gasteiger partial charge is 0.454 e. The molecule has 0 radical (unpaired) electrons. The first-order chi connectivity index (χ1) is 17.0. The highest BCUT2D eigenvalue weighted by Gasteiger charge is 2.26. The summed E-state index contributed by atoms with van der Waals surface area (Å²) in [6.45, 7) is 4.95. The average molecular weight is 484 g/mol. The number of ether oxygens (including phenoxy) is 4. The van der Waals surface area contributed by atoms with Crippen LogP contribution in [0.3, 0.4) is 0 Å². The molecule has 1 amide bonds. The summed E-state index contributed by atoms with van der Waals surface area (Å²) in [5.41, 5.74) is 0.906. The number of unbranched alkanes of at least 4 members (excludes halogenated alkanes) is 1. The number of cyclic esters (lactones) is 1. The van der Waals surface area contributed by atoms with Gasteiger partial charge in [-0.2, -0.15) is 0 Å². The van der Waals surface area contributed by atoms with Crippen LogP contribution in [0.5, 0.6) is 17.2 Å². The lowest BCUT2D eigenvalue weighted by molar-refractivity contribution is 0.0406. The summed E-state index contributed by atoms with van der Waals surface area (Å²) in [6, 6.07) is 9.18. The van der Waals surface area contributed by atoms with Gasteiger partial charge in [0.1, 0.15) is 17.1 Å².